The van der Waals surface area contributed by atoms with Gasteiger partial charge in [0.1, 0.15) is 23.0 Å². The van der Waals surface area contributed by atoms with Crippen LogP contribution in [-0.4, -0.2) is 80.4 Å². The Balaban J connectivity index is 0.000000218. The second-order valence-corrected chi connectivity index (χ2v) is 28.8. The molecule has 73 heavy (non-hydrogen) atoms. The van der Waals surface area contributed by atoms with Crippen LogP contribution in [0.25, 0.3) is 34.5 Å². The molecule has 4 aromatic heterocycles. The summed E-state index contributed by atoms with van der Waals surface area (Å²) in [4.78, 5) is 0. The van der Waals surface area contributed by atoms with Crippen LogP contribution in [0, 0.1) is 0 Å². The second kappa shape index (κ2) is 23.5. The summed E-state index contributed by atoms with van der Waals surface area (Å²) in [7, 11) is -6.00. The molecule has 0 aliphatic carbocycles. The fourth-order valence-electron chi connectivity index (χ4n) is 7.66. The number of benzene rings is 4. The lowest BCUT2D eigenvalue weighted by atomic mass is 10.1. The number of nitrogens with zero attached hydrogens (tertiary/aromatic N) is 6. The highest BCUT2D eigenvalue weighted by Crippen LogP contribution is 2.39. The van der Waals surface area contributed by atoms with Crippen molar-refractivity contribution in [1.29, 1.82) is 0 Å². The van der Waals surface area contributed by atoms with Crippen molar-refractivity contribution < 1.29 is 39.6 Å². The zero-order valence-corrected chi connectivity index (χ0v) is 46.3. The van der Waals surface area contributed by atoms with E-state index in [9.17, 15) is 16.8 Å². The smallest absolute Gasteiger partial charge is 0.204 e. The van der Waals surface area contributed by atoms with Gasteiger partial charge in [0.25, 0.3) is 0 Å². The maximum atomic E-state index is 13.3. The van der Waals surface area contributed by atoms with Crippen LogP contribution in [0.5, 0.6) is 11.5 Å². The molecular formula is C53H60Cl2N6O9S2Si. The van der Waals surface area contributed by atoms with Gasteiger partial charge >= 0.3 is 0 Å². The van der Waals surface area contributed by atoms with Crippen molar-refractivity contribution in [2.24, 2.45) is 0 Å². The molecule has 0 saturated carbocycles. The Kier molecular flexibility index (Phi) is 17.6. The molecule has 0 amide bonds. The lowest BCUT2D eigenvalue weighted by Gasteiger charge is -2.36. The van der Waals surface area contributed by atoms with Crippen LogP contribution < -0.4 is 9.47 Å². The number of furan rings is 2. The van der Waals surface area contributed by atoms with Crippen LogP contribution in [0.1, 0.15) is 61.6 Å². The third kappa shape index (κ3) is 13.6. The first-order chi connectivity index (χ1) is 34.7. The lowest BCUT2D eigenvalue weighted by molar-refractivity contribution is 0.275. The molecular weight excluding hydrogens is 1030 g/mol. The van der Waals surface area contributed by atoms with Crippen molar-refractivity contribution in [3.05, 3.63) is 166 Å². The first kappa shape index (κ1) is 54.7. The number of para-hydroxylation sites is 2. The van der Waals surface area contributed by atoms with Gasteiger partial charge in [0.05, 0.1) is 56.2 Å². The van der Waals surface area contributed by atoms with Gasteiger partial charge < -0.3 is 22.7 Å². The van der Waals surface area contributed by atoms with E-state index in [0.29, 0.717) is 87.8 Å². The van der Waals surface area contributed by atoms with E-state index < -0.39 is 28.0 Å². The molecule has 0 radical (unpaired) electrons. The second-order valence-electron chi connectivity index (χ2n) is 18.8. The Bertz CT molecular complexity index is 3300. The summed E-state index contributed by atoms with van der Waals surface area (Å²) in [6.07, 6.45) is 4.54. The number of sulfone groups is 2. The van der Waals surface area contributed by atoms with E-state index >= 15 is 0 Å². The number of methoxy groups -OCH3 is 2. The Labute approximate surface area is 438 Å². The normalized spacial score (nSPS) is 12.1. The zero-order chi connectivity index (χ0) is 52.6. The number of aryl methyl sites for hydroxylation is 3. The molecule has 20 heteroatoms. The standard InChI is InChI=1S/C29H36ClN3O5SSi.C24H24ClN3O4S/c1-29(2,3)40(5,6)38-19-22-9-7-10-24(36-4)27(22)33-26(31-32-28(33)25-11-8-17-37-25)20-39(34,35)18-16-21-12-14-23(30)15-13-21;1-3-18-6-4-7-20(31-2)23(18)28-22(26-27-24(28)21-8-5-14-32-21)16-33(29,30)15-13-17-9-11-19(25)12-10-17/h7-15,17H,16,18-20H2,1-6H3;4-12,14H,3,13,15-16H2,1-2H3. The Morgan fingerprint density at radius 2 is 1.01 bits per heavy atom. The van der Waals surface area contributed by atoms with Crippen molar-refractivity contribution >= 4 is 51.2 Å². The van der Waals surface area contributed by atoms with Gasteiger partial charge in [0.15, 0.2) is 51.2 Å². The number of hydrogen-bond acceptors (Lipinski definition) is 13. The van der Waals surface area contributed by atoms with Gasteiger partial charge in [-0.2, -0.15) is 0 Å². The van der Waals surface area contributed by atoms with Crippen LogP contribution in [0.2, 0.25) is 28.2 Å². The molecule has 15 nitrogen and oxygen atoms in total. The number of rotatable bonds is 20. The molecule has 8 aromatic rings. The highest BCUT2D eigenvalue weighted by Gasteiger charge is 2.38. The van der Waals surface area contributed by atoms with Crippen molar-refractivity contribution in [2.75, 3.05) is 25.7 Å². The van der Waals surface area contributed by atoms with Crippen LogP contribution in [0.15, 0.2) is 131 Å². The first-order valence-corrected chi connectivity index (χ1v) is 30.9. The van der Waals surface area contributed by atoms with Gasteiger partial charge in [-0.1, -0.05) is 99.4 Å². The topological polar surface area (TPSA) is 184 Å². The van der Waals surface area contributed by atoms with Gasteiger partial charge in [-0.3, -0.25) is 9.13 Å². The summed E-state index contributed by atoms with van der Waals surface area (Å²) >= 11 is 11.9. The number of ether oxygens (including phenoxy) is 2. The summed E-state index contributed by atoms with van der Waals surface area (Å²) < 4.78 is 85.5. The summed E-state index contributed by atoms with van der Waals surface area (Å²) in [5.74, 6) is 2.80. The molecule has 0 aliphatic rings. The van der Waals surface area contributed by atoms with E-state index in [0.717, 1.165) is 22.3 Å². The molecule has 0 spiro atoms. The van der Waals surface area contributed by atoms with Crippen LogP contribution >= 0.6 is 23.2 Å². The Morgan fingerprint density at radius 1 is 0.589 bits per heavy atom. The fraction of sp³-hybridized carbons (Fsp3) is 0.321. The average Bonchev–Trinajstić information content (AvgIpc) is 4.22. The molecule has 4 aromatic carbocycles. The van der Waals surface area contributed by atoms with E-state index in [4.69, 9.17) is 45.9 Å². The molecule has 0 fully saturated rings. The maximum Gasteiger partial charge on any atom is 0.204 e. The molecule has 0 N–H and O–H groups in total. The van der Waals surface area contributed by atoms with Crippen LogP contribution in [0.4, 0.5) is 0 Å². The first-order valence-electron chi connectivity index (χ1n) is 23.6. The van der Waals surface area contributed by atoms with Gasteiger partial charge in [0.2, 0.25) is 11.6 Å². The van der Waals surface area contributed by atoms with E-state index in [-0.39, 0.29) is 33.9 Å². The highest BCUT2D eigenvalue weighted by molar-refractivity contribution is 7.90. The quantitative estimate of drug-likeness (QED) is 0.0658. The van der Waals surface area contributed by atoms with Gasteiger partial charge in [-0.05, 0) is 115 Å². The summed E-state index contributed by atoms with van der Waals surface area (Å²) in [5, 5.41) is 18.5. The number of hydrogen-bond donors (Lipinski definition) is 0. The van der Waals surface area contributed by atoms with Crippen molar-refractivity contribution in [2.45, 2.75) is 83.2 Å². The predicted octanol–water partition coefficient (Wildman–Crippen LogP) is 11.8. The van der Waals surface area contributed by atoms with E-state index in [1.165, 1.54) is 0 Å². The summed E-state index contributed by atoms with van der Waals surface area (Å²) in [6.45, 7) is 13.3. The Hall–Kier alpha value is -6.02. The fourth-order valence-corrected chi connectivity index (χ4v) is 11.4. The third-order valence-electron chi connectivity index (χ3n) is 12.7. The minimum atomic E-state index is -3.57. The molecule has 4 heterocycles. The highest BCUT2D eigenvalue weighted by atomic mass is 35.5. The molecule has 0 aliphatic heterocycles. The molecule has 0 unspecified atom stereocenters. The monoisotopic (exact) mass is 1090 g/mol. The number of halogens is 2. The van der Waals surface area contributed by atoms with Gasteiger partial charge in [0, 0.05) is 15.6 Å². The maximum absolute atomic E-state index is 13.3. The van der Waals surface area contributed by atoms with Crippen molar-refractivity contribution in [3.8, 4) is 46.0 Å². The average molecular weight is 1090 g/mol. The van der Waals surface area contributed by atoms with Crippen LogP contribution in [0.3, 0.4) is 0 Å². The number of aromatic nitrogens is 6. The van der Waals surface area contributed by atoms with Crippen molar-refractivity contribution in [3.63, 3.8) is 0 Å². The summed E-state index contributed by atoms with van der Waals surface area (Å²) in [6, 6.07) is 32.8. The van der Waals surface area contributed by atoms with Crippen LogP contribution in [-0.2, 0) is 61.5 Å². The third-order valence-corrected chi connectivity index (χ3v) is 20.7. The largest absolute Gasteiger partial charge is 0.495 e. The molecule has 8 rings (SSSR count). The SMILES string of the molecule is CCc1cccc(OC)c1-n1c(CS(=O)(=O)CCc2ccc(Cl)cc2)nnc1-c1ccco1.COc1cccc(CO[Si](C)(C)C(C)(C)C)c1-n1c(CS(=O)(=O)CCc2ccc(Cl)cc2)nnc1-c1ccco1. The molecule has 0 saturated heterocycles. The minimum Gasteiger partial charge on any atom is -0.495 e. The Morgan fingerprint density at radius 3 is 1.40 bits per heavy atom. The molecule has 0 atom stereocenters. The molecule has 0 bridgehead atoms. The minimum absolute atomic E-state index is 0.0191. The van der Waals surface area contributed by atoms with Gasteiger partial charge in [-0.15, -0.1) is 20.4 Å². The molecule has 386 valence electrons. The van der Waals surface area contributed by atoms with E-state index in [1.54, 1.807) is 84.4 Å². The summed E-state index contributed by atoms with van der Waals surface area (Å²) in [5.41, 5.74) is 4.93. The van der Waals surface area contributed by atoms with Gasteiger partial charge in [-0.25, -0.2) is 16.8 Å². The zero-order valence-electron chi connectivity index (χ0n) is 42.1. The van der Waals surface area contributed by atoms with E-state index in [2.05, 4.69) is 54.3 Å². The van der Waals surface area contributed by atoms with Crippen molar-refractivity contribution in [1.82, 2.24) is 29.5 Å². The lowest BCUT2D eigenvalue weighted by Crippen LogP contribution is -2.40. The predicted molar refractivity (Wildman–Crippen MR) is 288 cm³/mol. The van der Waals surface area contributed by atoms with E-state index in [1.807, 2.05) is 67.6 Å².